The molecule has 0 saturated carbocycles. The van der Waals surface area contributed by atoms with Crippen LogP contribution in [0.1, 0.15) is 17.7 Å². The normalized spacial score (nSPS) is 10.6. The zero-order chi connectivity index (χ0) is 17.5. The number of pyridine rings is 1. The Bertz CT molecular complexity index is 818. The van der Waals surface area contributed by atoms with Gasteiger partial charge < -0.3 is 5.32 Å². The van der Waals surface area contributed by atoms with Gasteiger partial charge in [0.2, 0.25) is 5.91 Å². The van der Waals surface area contributed by atoms with E-state index in [-0.39, 0.29) is 11.7 Å². The highest BCUT2D eigenvalue weighted by Gasteiger charge is 2.07. The van der Waals surface area contributed by atoms with E-state index in [4.69, 9.17) is 0 Å². The molecule has 0 aliphatic rings. The minimum atomic E-state index is -0.248. The molecule has 2 heterocycles. The lowest BCUT2D eigenvalue weighted by atomic mass is 10.1. The maximum absolute atomic E-state index is 12.8. The van der Waals surface area contributed by atoms with Crippen molar-refractivity contribution in [2.24, 2.45) is 0 Å². The zero-order valence-electron chi connectivity index (χ0n) is 13.6. The highest BCUT2D eigenvalue weighted by atomic mass is 32.1. The number of rotatable bonds is 7. The summed E-state index contributed by atoms with van der Waals surface area (Å²) in [5, 5.41) is 5.82. The second kappa shape index (κ2) is 8.48. The summed E-state index contributed by atoms with van der Waals surface area (Å²) in [6.07, 6.45) is 5.19. The van der Waals surface area contributed by atoms with E-state index < -0.39 is 0 Å². The van der Waals surface area contributed by atoms with Crippen LogP contribution in [-0.4, -0.2) is 22.4 Å². The molecule has 1 N–H and O–H groups in total. The van der Waals surface area contributed by atoms with E-state index >= 15 is 0 Å². The lowest BCUT2D eigenvalue weighted by molar-refractivity contribution is -0.121. The molecule has 6 heteroatoms. The summed E-state index contributed by atoms with van der Waals surface area (Å²) in [6.45, 7) is 0.545. The summed E-state index contributed by atoms with van der Waals surface area (Å²) >= 11 is 1.57. The summed E-state index contributed by atoms with van der Waals surface area (Å²) in [7, 11) is 0. The van der Waals surface area contributed by atoms with Gasteiger partial charge in [-0.1, -0.05) is 12.1 Å². The summed E-state index contributed by atoms with van der Waals surface area (Å²) in [5.74, 6) is -0.247. The van der Waals surface area contributed by atoms with Crippen molar-refractivity contribution < 1.29 is 9.18 Å². The van der Waals surface area contributed by atoms with Crippen LogP contribution in [0.25, 0.3) is 10.6 Å². The Morgan fingerprint density at radius 3 is 2.60 bits per heavy atom. The molecule has 0 bridgehead atoms. The van der Waals surface area contributed by atoms with E-state index in [0.29, 0.717) is 25.8 Å². The molecular weight excluding hydrogens is 337 g/mol. The highest BCUT2D eigenvalue weighted by Crippen LogP contribution is 2.23. The molecule has 0 fully saturated rings. The molecule has 128 valence electrons. The molecule has 25 heavy (non-hydrogen) atoms. The van der Waals surface area contributed by atoms with Gasteiger partial charge in [-0.05, 0) is 42.7 Å². The molecule has 0 aliphatic heterocycles. The molecule has 0 radical (unpaired) electrons. The molecule has 0 spiro atoms. The van der Waals surface area contributed by atoms with Crippen molar-refractivity contribution in [2.75, 3.05) is 6.54 Å². The first-order valence-corrected chi connectivity index (χ1v) is 8.94. The molecule has 0 aliphatic carbocycles. The minimum Gasteiger partial charge on any atom is -0.356 e. The Kier molecular flexibility index (Phi) is 5.85. The lowest BCUT2D eigenvalue weighted by Crippen LogP contribution is -2.25. The van der Waals surface area contributed by atoms with Crippen LogP contribution in [-0.2, 0) is 17.6 Å². The third kappa shape index (κ3) is 5.19. The van der Waals surface area contributed by atoms with Crippen LogP contribution in [0.3, 0.4) is 0 Å². The molecule has 3 rings (SSSR count). The smallest absolute Gasteiger partial charge is 0.220 e. The Labute approximate surface area is 149 Å². The third-order valence-electron chi connectivity index (χ3n) is 3.74. The Morgan fingerprint density at radius 2 is 1.84 bits per heavy atom. The second-order valence-electron chi connectivity index (χ2n) is 5.61. The summed E-state index contributed by atoms with van der Waals surface area (Å²) in [6, 6.07) is 10.2. The number of nitrogens with zero attached hydrogens (tertiary/aromatic N) is 2. The number of benzene rings is 1. The van der Waals surface area contributed by atoms with Crippen molar-refractivity contribution in [2.45, 2.75) is 19.3 Å². The molecule has 0 unspecified atom stereocenters. The van der Waals surface area contributed by atoms with E-state index in [0.717, 1.165) is 21.8 Å². The van der Waals surface area contributed by atoms with Crippen LogP contribution in [0.15, 0.2) is 54.2 Å². The first kappa shape index (κ1) is 17.2. The van der Waals surface area contributed by atoms with Gasteiger partial charge >= 0.3 is 0 Å². The number of thiazole rings is 1. The number of carbonyl (C=O) groups is 1. The number of carbonyl (C=O) groups excluding carboxylic acids is 1. The number of nitrogens with one attached hydrogen (secondary N) is 1. The fraction of sp³-hybridized carbons (Fsp3) is 0.211. The van der Waals surface area contributed by atoms with E-state index in [1.54, 1.807) is 35.9 Å². The average Bonchev–Trinajstić information content (AvgIpc) is 3.11. The Balaban J connectivity index is 1.42. The number of aromatic nitrogens is 2. The molecule has 4 nitrogen and oxygen atoms in total. The molecular formula is C19H18FN3OS. The highest BCUT2D eigenvalue weighted by molar-refractivity contribution is 7.13. The molecule has 3 aromatic rings. The number of aryl methyl sites for hydroxylation is 1. The first-order chi connectivity index (χ1) is 12.2. The van der Waals surface area contributed by atoms with Crippen molar-refractivity contribution in [3.8, 4) is 10.6 Å². The molecule has 0 saturated heterocycles. The lowest BCUT2D eigenvalue weighted by Gasteiger charge is -2.05. The van der Waals surface area contributed by atoms with Gasteiger partial charge in [-0.15, -0.1) is 11.3 Å². The molecule has 2 aromatic heterocycles. The number of hydrogen-bond acceptors (Lipinski definition) is 4. The van der Waals surface area contributed by atoms with Crippen LogP contribution in [0, 0.1) is 5.82 Å². The number of halogens is 1. The minimum absolute atomic E-state index is 0.000530. The maximum Gasteiger partial charge on any atom is 0.220 e. The Hall–Kier alpha value is -2.60. The van der Waals surface area contributed by atoms with Crippen LogP contribution in [0.4, 0.5) is 4.39 Å². The summed E-state index contributed by atoms with van der Waals surface area (Å²) < 4.78 is 12.8. The van der Waals surface area contributed by atoms with E-state index in [2.05, 4.69) is 15.3 Å². The quantitative estimate of drug-likeness (QED) is 0.704. The van der Waals surface area contributed by atoms with Crippen LogP contribution >= 0.6 is 11.3 Å². The summed E-state index contributed by atoms with van der Waals surface area (Å²) in [5.41, 5.74) is 2.96. The molecule has 1 aromatic carbocycles. The van der Waals surface area contributed by atoms with E-state index in [1.165, 1.54) is 12.1 Å². The van der Waals surface area contributed by atoms with Gasteiger partial charge in [0.25, 0.3) is 0 Å². The largest absolute Gasteiger partial charge is 0.356 e. The van der Waals surface area contributed by atoms with Gasteiger partial charge in [-0.3, -0.25) is 9.78 Å². The van der Waals surface area contributed by atoms with Crippen molar-refractivity contribution >= 4 is 17.2 Å². The third-order valence-corrected chi connectivity index (χ3v) is 4.68. The van der Waals surface area contributed by atoms with E-state index in [9.17, 15) is 9.18 Å². The number of amides is 1. The van der Waals surface area contributed by atoms with Crippen molar-refractivity contribution in [3.63, 3.8) is 0 Å². The molecule has 1 amide bonds. The van der Waals surface area contributed by atoms with Crippen LogP contribution < -0.4 is 5.32 Å². The van der Waals surface area contributed by atoms with Gasteiger partial charge in [0.05, 0.1) is 5.69 Å². The maximum atomic E-state index is 12.8. The monoisotopic (exact) mass is 355 g/mol. The van der Waals surface area contributed by atoms with E-state index in [1.807, 2.05) is 17.5 Å². The standard InChI is InChI=1S/C19H18FN3OS/c20-16-3-1-14(2-4-16)7-12-22-18(24)6-5-17-13-25-19(23-17)15-8-10-21-11-9-15/h1-4,8-11,13H,5-7,12H2,(H,22,24). The molecule has 0 atom stereocenters. The van der Waals surface area contributed by atoms with Crippen molar-refractivity contribution in [3.05, 3.63) is 71.2 Å². The zero-order valence-corrected chi connectivity index (χ0v) is 14.4. The van der Waals surface area contributed by atoms with Gasteiger partial charge in [0.15, 0.2) is 0 Å². The first-order valence-electron chi connectivity index (χ1n) is 8.06. The van der Waals surface area contributed by atoms with Crippen LogP contribution in [0.2, 0.25) is 0 Å². The van der Waals surface area contributed by atoms with Crippen molar-refractivity contribution in [1.29, 1.82) is 0 Å². The van der Waals surface area contributed by atoms with Crippen molar-refractivity contribution in [1.82, 2.24) is 15.3 Å². The predicted octanol–water partition coefficient (Wildman–Crippen LogP) is 3.64. The van der Waals surface area contributed by atoms with Gasteiger partial charge in [0.1, 0.15) is 10.8 Å². The van der Waals surface area contributed by atoms with Gasteiger partial charge in [-0.25, -0.2) is 9.37 Å². The average molecular weight is 355 g/mol. The Morgan fingerprint density at radius 1 is 1.08 bits per heavy atom. The fourth-order valence-corrected chi connectivity index (χ4v) is 3.24. The predicted molar refractivity (Wildman–Crippen MR) is 96.8 cm³/mol. The van der Waals surface area contributed by atoms with Crippen LogP contribution in [0.5, 0.6) is 0 Å². The fourth-order valence-electron chi connectivity index (χ4n) is 2.38. The topological polar surface area (TPSA) is 54.9 Å². The number of hydrogen-bond donors (Lipinski definition) is 1. The SMILES string of the molecule is O=C(CCc1csc(-c2ccncc2)n1)NCCc1ccc(F)cc1. The van der Waals surface area contributed by atoms with Gasteiger partial charge in [-0.2, -0.15) is 0 Å². The van der Waals surface area contributed by atoms with Gasteiger partial charge in [0, 0.05) is 36.3 Å². The summed E-state index contributed by atoms with van der Waals surface area (Å²) in [4.78, 5) is 20.5. The second-order valence-corrected chi connectivity index (χ2v) is 6.46.